The van der Waals surface area contributed by atoms with Gasteiger partial charge in [0.2, 0.25) is 5.91 Å². The number of nitrogens with zero attached hydrogens (tertiary/aromatic N) is 4. The average molecular weight is 534 g/mol. The Kier molecular flexibility index (Phi) is 7.91. The highest BCUT2D eigenvalue weighted by Crippen LogP contribution is 2.39. The van der Waals surface area contributed by atoms with Gasteiger partial charge in [0.1, 0.15) is 12.4 Å². The molecule has 2 aromatic rings. The van der Waals surface area contributed by atoms with Gasteiger partial charge in [0.05, 0.1) is 11.2 Å². The Balaban J connectivity index is 1.32. The zero-order valence-corrected chi connectivity index (χ0v) is 23.2. The number of rotatable bonds is 7. The van der Waals surface area contributed by atoms with E-state index in [1.165, 1.54) is 11.6 Å². The summed E-state index contributed by atoms with van der Waals surface area (Å²) >= 11 is 0. The van der Waals surface area contributed by atoms with Gasteiger partial charge in [-0.25, -0.2) is 9.78 Å². The van der Waals surface area contributed by atoms with Crippen molar-refractivity contribution in [1.29, 1.82) is 0 Å². The Labute approximate surface area is 230 Å². The normalized spacial score (nSPS) is 20.3. The van der Waals surface area contributed by atoms with E-state index in [2.05, 4.69) is 53.0 Å². The summed E-state index contributed by atoms with van der Waals surface area (Å²) in [6.07, 6.45) is 4.73. The number of aromatic nitrogens is 1. The van der Waals surface area contributed by atoms with Crippen LogP contribution in [0.3, 0.4) is 0 Å². The van der Waals surface area contributed by atoms with Gasteiger partial charge in [0, 0.05) is 69.3 Å². The fourth-order valence-electron chi connectivity index (χ4n) is 6.05. The number of nitrogens with one attached hydrogen (secondary N) is 1. The Bertz CT molecular complexity index is 1200. The second kappa shape index (κ2) is 11.4. The Morgan fingerprint density at radius 1 is 1.10 bits per heavy atom. The maximum Gasteiger partial charge on any atom is 0.414 e. The Morgan fingerprint density at radius 3 is 2.44 bits per heavy atom. The third-order valence-electron chi connectivity index (χ3n) is 8.29. The standard InChI is InChI=1S/C30H39N5O4/c1-5-28(36)33-12-14-34(15-13-33)30(10-16-38-17-11-30)25-8-6-23(7-9-25)22(4)32-27-18-26-24(19-31-27)20-39-29(37)35(26)21(2)3/h5-9,18-19,21-22H,1,10-17,20H2,2-4H3,(H,31,32)/t22-/m0/s1. The SMILES string of the molecule is C=CC(=O)N1CCN(C2(c3ccc([C@H](C)Nc4cc5c(cn4)COC(=O)N5C(C)C)cc3)CCOCC2)CC1. The number of benzene rings is 1. The lowest BCUT2D eigenvalue weighted by Crippen LogP contribution is -2.58. The highest BCUT2D eigenvalue weighted by atomic mass is 16.6. The minimum absolute atomic E-state index is 0.00628. The number of anilines is 2. The van der Waals surface area contributed by atoms with Crippen LogP contribution in [-0.4, -0.2) is 72.2 Å². The first-order valence-electron chi connectivity index (χ1n) is 13.9. The molecule has 4 heterocycles. The van der Waals surface area contributed by atoms with Crippen LogP contribution in [0.1, 0.15) is 56.3 Å². The molecule has 2 amide bonds. The molecule has 3 aliphatic heterocycles. The molecule has 1 aromatic carbocycles. The van der Waals surface area contributed by atoms with E-state index < -0.39 is 0 Å². The van der Waals surface area contributed by atoms with Crippen LogP contribution in [-0.2, 0) is 26.4 Å². The van der Waals surface area contributed by atoms with E-state index in [0.29, 0.717) is 13.1 Å². The van der Waals surface area contributed by atoms with Crippen molar-refractivity contribution in [3.05, 3.63) is 65.9 Å². The van der Waals surface area contributed by atoms with Gasteiger partial charge >= 0.3 is 6.09 Å². The van der Waals surface area contributed by atoms with Gasteiger partial charge in [-0.2, -0.15) is 0 Å². The van der Waals surface area contributed by atoms with Crippen LogP contribution in [0.2, 0.25) is 0 Å². The molecule has 3 aliphatic rings. The third-order valence-corrected chi connectivity index (χ3v) is 8.29. The van der Waals surface area contributed by atoms with Crippen LogP contribution >= 0.6 is 0 Å². The number of hydrogen-bond acceptors (Lipinski definition) is 7. The van der Waals surface area contributed by atoms with Crippen molar-refractivity contribution >= 4 is 23.5 Å². The minimum Gasteiger partial charge on any atom is -0.444 e. The van der Waals surface area contributed by atoms with Crippen LogP contribution in [0.15, 0.2) is 49.2 Å². The number of carbonyl (C=O) groups excluding carboxylic acids is 2. The first-order valence-corrected chi connectivity index (χ1v) is 13.9. The van der Waals surface area contributed by atoms with E-state index in [1.807, 2.05) is 24.8 Å². The van der Waals surface area contributed by atoms with E-state index >= 15 is 0 Å². The molecule has 5 rings (SSSR count). The van der Waals surface area contributed by atoms with Crippen LogP contribution < -0.4 is 10.2 Å². The largest absolute Gasteiger partial charge is 0.444 e. The highest BCUT2D eigenvalue weighted by molar-refractivity contribution is 5.91. The van der Waals surface area contributed by atoms with Gasteiger partial charge < -0.3 is 19.7 Å². The zero-order valence-electron chi connectivity index (χ0n) is 23.2. The molecule has 1 atom stereocenters. The van der Waals surface area contributed by atoms with Crippen LogP contribution in [0.5, 0.6) is 0 Å². The molecule has 0 radical (unpaired) electrons. The average Bonchev–Trinajstić information content (AvgIpc) is 2.97. The molecule has 0 bridgehead atoms. The molecule has 2 saturated heterocycles. The minimum atomic E-state index is -0.325. The Hall–Kier alpha value is -3.43. The molecular formula is C30H39N5O4. The number of hydrogen-bond donors (Lipinski definition) is 1. The van der Waals surface area contributed by atoms with E-state index in [-0.39, 0.29) is 36.2 Å². The lowest BCUT2D eigenvalue weighted by Gasteiger charge is -2.50. The van der Waals surface area contributed by atoms with Crippen molar-refractivity contribution < 1.29 is 19.1 Å². The molecule has 9 heteroatoms. The lowest BCUT2D eigenvalue weighted by molar-refractivity contribution is -0.130. The number of carbonyl (C=O) groups is 2. The van der Waals surface area contributed by atoms with Crippen molar-refractivity contribution in [3.8, 4) is 0 Å². The molecule has 0 aliphatic carbocycles. The molecule has 0 saturated carbocycles. The molecule has 0 unspecified atom stereocenters. The van der Waals surface area contributed by atoms with Crippen molar-refractivity contribution in [2.75, 3.05) is 49.6 Å². The zero-order chi connectivity index (χ0) is 27.6. The molecular weight excluding hydrogens is 494 g/mol. The van der Waals surface area contributed by atoms with Gasteiger partial charge in [-0.3, -0.25) is 14.6 Å². The van der Waals surface area contributed by atoms with E-state index in [9.17, 15) is 9.59 Å². The van der Waals surface area contributed by atoms with E-state index in [4.69, 9.17) is 9.47 Å². The molecule has 39 heavy (non-hydrogen) atoms. The number of pyridine rings is 1. The first-order chi connectivity index (χ1) is 18.8. The van der Waals surface area contributed by atoms with Crippen molar-refractivity contribution in [2.24, 2.45) is 0 Å². The second-order valence-electron chi connectivity index (χ2n) is 10.9. The Morgan fingerprint density at radius 2 is 1.79 bits per heavy atom. The number of cyclic esters (lactones) is 1. The summed E-state index contributed by atoms with van der Waals surface area (Å²) in [5.41, 5.74) is 4.11. The monoisotopic (exact) mass is 533 g/mol. The molecule has 2 fully saturated rings. The first kappa shape index (κ1) is 27.1. The molecule has 0 spiro atoms. The summed E-state index contributed by atoms with van der Waals surface area (Å²) in [6, 6.07) is 10.8. The van der Waals surface area contributed by atoms with Gasteiger partial charge in [0.15, 0.2) is 0 Å². The third kappa shape index (κ3) is 5.38. The molecule has 208 valence electrons. The summed E-state index contributed by atoms with van der Waals surface area (Å²) in [4.78, 5) is 35.1. The number of amides is 2. The van der Waals surface area contributed by atoms with Crippen molar-refractivity contribution in [1.82, 2.24) is 14.8 Å². The lowest BCUT2D eigenvalue weighted by atomic mass is 9.80. The summed E-state index contributed by atoms with van der Waals surface area (Å²) in [6.45, 7) is 14.5. The van der Waals surface area contributed by atoms with Crippen LogP contribution in [0.4, 0.5) is 16.3 Å². The van der Waals surface area contributed by atoms with E-state index in [0.717, 1.165) is 61.8 Å². The second-order valence-corrected chi connectivity index (χ2v) is 10.9. The number of fused-ring (bicyclic) bond motifs is 1. The summed E-state index contributed by atoms with van der Waals surface area (Å²) < 4.78 is 11.1. The molecule has 9 nitrogen and oxygen atoms in total. The van der Waals surface area contributed by atoms with Gasteiger partial charge in [-0.1, -0.05) is 30.8 Å². The van der Waals surface area contributed by atoms with Gasteiger partial charge in [0.25, 0.3) is 0 Å². The van der Waals surface area contributed by atoms with E-state index in [1.54, 1.807) is 11.1 Å². The summed E-state index contributed by atoms with van der Waals surface area (Å²) in [5.74, 6) is 0.727. The fraction of sp³-hybridized carbons (Fsp3) is 0.500. The smallest absolute Gasteiger partial charge is 0.414 e. The van der Waals surface area contributed by atoms with Crippen LogP contribution in [0.25, 0.3) is 0 Å². The number of piperazine rings is 1. The fourth-order valence-corrected chi connectivity index (χ4v) is 6.05. The quantitative estimate of drug-likeness (QED) is 0.526. The predicted octanol–water partition coefficient (Wildman–Crippen LogP) is 4.46. The highest BCUT2D eigenvalue weighted by Gasteiger charge is 2.41. The van der Waals surface area contributed by atoms with Gasteiger partial charge in [-0.05, 0) is 50.8 Å². The van der Waals surface area contributed by atoms with Crippen LogP contribution in [0, 0.1) is 0 Å². The number of ether oxygens (including phenoxy) is 2. The maximum atomic E-state index is 12.3. The summed E-state index contributed by atoms with van der Waals surface area (Å²) in [5, 5.41) is 3.51. The van der Waals surface area contributed by atoms with Gasteiger partial charge in [-0.15, -0.1) is 0 Å². The maximum absolute atomic E-state index is 12.3. The molecule has 1 N–H and O–H groups in total. The topological polar surface area (TPSA) is 87.2 Å². The van der Waals surface area contributed by atoms with Crippen molar-refractivity contribution in [2.45, 2.75) is 57.8 Å². The molecule has 1 aromatic heterocycles. The predicted molar refractivity (Wildman–Crippen MR) is 151 cm³/mol. The summed E-state index contributed by atoms with van der Waals surface area (Å²) in [7, 11) is 0. The van der Waals surface area contributed by atoms with Crippen molar-refractivity contribution in [3.63, 3.8) is 0 Å².